The highest BCUT2D eigenvalue weighted by atomic mass is 35.5. The van der Waals surface area contributed by atoms with Gasteiger partial charge < -0.3 is 15.4 Å². The zero-order valence-corrected chi connectivity index (χ0v) is 11.7. The Labute approximate surface area is 113 Å². The lowest BCUT2D eigenvalue weighted by Crippen LogP contribution is -2.36. The third-order valence-corrected chi connectivity index (χ3v) is 3.89. The van der Waals surface area contributed by atoms with Crippen molar-refractivity contribution in [2.45, 2.75) is 25.8 Å². The van der Waals surface area contributed by atoms with E-state index >= 15 is 0 Å². The smallest absolute Gasteiger partial charge is 0.185 e. The first-order chi connectivity index (χ1) is 7.79. The van der Waals surface area contributed by atoms with Crippen LogP contribution in [0.5, 0.6) is 0 Å². The van der Waals surface area contributed by atoms with Crippen LogP contribution in [0.25, 0.3) is 0 Å². The molecule has 0 spiro atoms. The summed E-state index contributed by atoms with van der Waals surface area (Å²) in [5.74, 6) is 0. The summed E-state index contributed by atoms with van der Waals surface area (Å²) in [6.45, 7) is 5.64. The van der Waals surface area contributed by atoms with Gasteiger partial charge in [-0.2, -0.15) is 0 Å². The molecule has 0 aromatic carbocycles. The van der Waals surface area contributed by atoms with Gasteiger partial charge in [-0.15, -0.1) is 23.7 Å². The van der Waals surface area contributed by atoms with Crippen LogP contribution in [-0.2, 0) is 11.2 Å². The first-order valence-corrected chi connectivity index (χ1v) is 6.64. The molecule has 98 valence electrons. The number of rotatable bonds is 4. The van der Waals surface area contributed by atoms with E-state index in [4.69, 9.17) is 10.5 Å². The van der Waals surface area contributed by atoms with Crippen molar-refractivity contribution in [1.82, 2.24) is 4.98 Å². The maximum atomic E-state index is 5.94. The summed E-state index contributed by atoms with van der Waals surface area (Å²) in [5.41, 5.74) is 5.94. The Hall–Kier alpha value is -0.360. The van der Waals surface area contributed by atoms with Crippen molar-refractivity contribution < 1.29 is 4.74 Å². The second kappa shape index (κ2) is 7.16. The molecular weight excluding hydrogens is 258 g/mol. The Morgan fingerprint density at radius 3 is 2.88 bits per heavy atom. The standard InChI is InChI=1S/C11H19N3OS.ClH/c1-2-9(12)7-10-8-13-11(16-10)14-3-5-15-6-4-14;/h8-9H,2-7,12H2,1H3;1H. The van der Waals surface area contributed by atoms with Crippen LogP contribution in [0.4, 0.5) is 5.13 Å². The molecule has 17 heavy (non-hydrogen) atoms. The van der Waals surface area contributed by atoms with Gasteiger partial charge in [-0.05, 0) is 12.8 Å². The molecule has 1 unspecified atom stereocenters. The summed E-state index contributed by atoms with van der Waals surface area (Å²) < 4.78 is 5.33. The fourth-order valence-electron chi connectivity index (χ4n) is 1.70. The van der Waals surface area contributed by atoms with Crippen LogP contribution in [0.15, 0.2) is 6.20 Å². The molecule has 0 radical (unpaired) electrons. The van der Waals surface area contributed by atoms with Crippen LogP contribution in [0, 0.1) is 0 Å². The molecule has 1 saturated heterocycles. The summed E-state index contributed by atoms with van der Waals surface area (Å²) >= 11 is 1.76. The van der Waals surface area contributed by atoms with Gasteiger partial charge in [-0.1, -0.05) is 6.92 Å². The molecule has 2 N–H and O–H groups in total. The van der Waals surface area contributed by atoms with Crippen molar-refractivity contribution in [3.8, 4) is 0 Å². The van der Waals surface area contributed by atoms with Crippen LogP contribution in [0.3, 0.4) is 0 Å². The molecule has 0 saturated carbocycles. The number of ether oxygens (including phenoxy) is 1. The number of anilines is 1. The predicted octanol–water partition coefficient (Wildman–Crippen LogP) is 1.68. The first-order valence-electron chi connectivity index (χ1n) is 5.82. The molecule has 1 aliphatic heterocycles. The van der Waals surface area contributed by atoms with Crippen molar-refractivity contribution in [2.75, 3.05) is 31.2 Å². The van der Waals surface area contributed by atoms with E-state index in [9.17, 15) is 0 Å². The van der Waals surface area contributed by atoms with Crippen molar-refractivity contribution in [3.05, 3.63) is 11.1 Å². The topological polar surface area (TPSA) is 51.4 Å². The third kappa shape index (κ3) is 4.10. The first kappa shape index (κ1) is 14.7. The maximum absolute atomic E-state index is 5.94. The quantitative estimate of drug-likeness (QED) is 0.910. The zero-order valence-electron chi connectivity index (χ0n) is 10.1. The number of nitrogens with zero attached hydrogens (tertiary/aromatic N) is 2. The minimum absolute atomic E-state index is 0. The summed E-state index contributed by atoms with van der Waals surface area (Å²) in [4.78, 5) is 8.04. The highest BCUT2D eigenvalue weighted by Gasteiger charge is 2.15. The normalized spacial score (nSPS) is 17.6. The fourth-order valence-corrected chi connectivity index (χ4v) is 2.75. The van der Waals surface area contributed by atoms with Crippen LogP contribution >= 0.6 is 23.7 Å². The second-order valence-electron chi connectivity index (χ2n) is 4.08. The van der Waals surface area contributed by atoms with Gasteiger partial charge in [-0.25, -0.2) is 4.98 Å². The second-order valence-corrected chi connectivity index (χ2v) is 5.17. The Bertz CT molecular complexity index is 328. The van der Waals surface area contributed by atoms with Gasteiger partial charge in [0.1, 0.15) is 0 Å². The monoisotopic (exact) mass is 277 g/mol. The van der Waals surface area contributed by atoms with Gasteiger partial charge in [0, 0.05) is 30.2 Å². The average Bonchev–Trinajstić information content (AvgIpc) is 2.78. The molecule has 6 heteroatoms. The van der Waals surface area contributed by atoms with E-state index in [1.807, 2.05) is 6.20 Å². The molecule has 4 nitrogen and oxygen atoms in total. The molecular formula is C11H20ClN3OS. The average molecular weight is 278 g/mol. The Morgan fingerprint density at radius 1 is 1.53 bits per heavy atom. The lowest BCUT2D eigenvalue weighted by molar-refractivity contribution is 0.122. The van der Waals surface area contributed by atoms with Crippen LogP contribution < -0.4 is 10.6 Å². The Kier molecular flexibility index (Phi) is 6.19. The van der Waals surface area contributed by atoms with Crippen molar-refractivity contribution in [1.29, 1.82) is 0 Å². The van der Waals surface area contributed by atoms with E-state index in [-0.39, 0.29) is 18.4 Å². The van der Waals surface area contributed by atoms with E-state index in [0.717, 1.165) is 44.3 Å². The molecule has 2 rings (SSSR count). The van der Waals surface area contributed by atoms with Gasteiger partial charge >= 0.3 is 0 Å². The Morgan fingerprint density at radius 2 is 2.24 bits per heavy atom. The molecule has 0 aliphatic carbocycles. The van der Waals surface area contributed by atoms with Crippen molar-refractivity contribution >= 4 is 28.9 Å². The minimum Gasteiger partial charge on any atom is -0.378 e. The minimum atomic E-state index is 0. The highest BCUT2D eigenvalue weighted by Crippen LogP contribution is 2.24. The number of morpholine rings is 1. The fraction of sp³-hybridized carbons (Fsp3) is 0.727. The zero-order chi connectivity index (χ0) is 11.4. The number of halogens is 1. The van der Waals surface area contributed by atoms with Gasteiger partial charge in [0.25, 0.3) is 0 Å². The van der Waals surface area contributed by atoms with Gasteiger partial charge in [-0.3, -0.25) is 0 Å². The summed E-state index contributed by atoms with van der Waals surface area (Å²) in [6, 6.07) is 0.262. The SMILES string of the molecule is CCC(N)Cc1cnc(N2CCOCC2)s1.Cl. The largest absolute Gasteiger partial charge is 0.378 e. The lowest BCUT2D eigenvalue weighted by Gasteiger charge is -2.26. The predicted molar refractivity (Wildman–Crippen MR) is 74.4 cm³/mol. The van der Waals surface area contributed by atoms with E-state index in [1.165, 1.54) is 4.88 Å². The number of thiazole rings is 1. The number of hydrogen-bond donors (Lipinski definition) is 1. The number of hydrogen-bond acceptors (Lipinski definition) is 5. The van der Waals surface area contributed by atoms with E-state index < -0.39 is 0 Å². The summed E-state index contributed by atoms with van der Waals surface area (Å²) in [6.07, 6.45) is 3.92. The molecule has 1 aliphatic rings. The van der Waals surface area contributed by atoms with E-state index in [2.05, 4.69) is 16.8 Å². The highest BCUT2D eigenvalue weighted by molar-refractivity contribution is 7.15. The summed E-state index contributed by atoms with van der Waals surface area (Å²) in [7, 11) is 0. The van der Waals surface area contributed by atoms with E-state index in [1.54, 1.807) is 11.3 Å². The number of nitrogens with two attached hydrogens (primary N) is 1. The molecule has 2 heterocycles. The van der Waals surface area contributed by atoms with Gasteiger partial charge in [0.2, 0.25) is 0 Å². The molecule has 1 aromatic rings. The van der Waals surface area contributed by atoms with Crippen LogP contribution in [0.1, 0.15) is 18.2 Å². The van der Waals surface area contributed by atoms with Crippen molar-refractivity contribution in [2.24, 2.45) is 5.73 Å². The van der Waals surface area contributed by atoms with Gasteiger partial charge in [0.05, 0.1) is 13.2 Å². The molecule has 0 bridgehead atoms. The van der Waals surface area contributed by atoms with Crippen LogP contribution in [0.2, 0.25) is 0 Å². The van der Waals surface area contributed by atoms with E-state index in [0.29, 0.717) is 0 Å². The number of aromatic nitrogens is 1. The molecule has 1 fully saturated rings. The molecule has 0 amide bonds. The molecule has 1 atom stereocenters. The molecule has 1 aromatic heterocycles. The lowest BCUT2D eigenvalue weighted by atomic mass is 10.1. The third-order valence-electron chi connectivity index (χ3n) is 2.81. The summed E-state index contributed by atoms with van der Waals surface area (Å²) in [5, 5.41) is 1.11. The maximum Gasteiger partial charge on any atom is 0.185 e. The van der Waals surface area contributed by atoms with Gasteiger partial charge in [0.15, 0.2) is 5.13 Å². The van der Waals surface area contributed by atoms with Crippen molar-refractivity contribution in [3.63, 3.8) is 0 Å². The Balaban J connectivity index is 0.00000144. The van der Waals surface area contributed by atoms with Crippen LogP contribution in [-0.4, -0.2) is 37.3 Å².